The second-order valence-corrected chi connectivity index (χ2v) is 5.07. The minimum atomic E-state index is -5.60. The van der Waals surface area contributed by atoms with Crippen molar-refractivity contribution >= 4 is 7.60 Å². The number of hydrogen-bond donors (Lipinski definition) is 3. The molecule has 0 aliphatic rings. The van der Waals surface area contributed by atoms with E-state index in [1.54, 1.807) is 0 Å². The van der Waals surface area contributed by atoms with Crippen molar-refractivity contribution in [3.05, 3.63) is 29.8 Å². The molecule has 5 nitrogen and oxygen atoms in total. The van der Waals surface area contributed by atoms with E-state index < -0.39 is 19.3 Å². The fraction of sp³-hybridized carbons (Fsp3) is 0.333. The summed E-state index contributed by atoms with van der Waals surface area (Å²) >= 11 is 0. The van der Waals surface area contributed by atoms with Gasteiger partial charge in [0.05, 0.1) is 7.11 Å². The third-order valence-corrected chi connectivity index (χ3v) is 3.29. The molecule has 0 radical (unpaired) electrons. The second-order valence-electron chi connectivity index (χ2n) is 3.38. The standard InChI is InChI=1S/C9H12F2NO4P/c1-16-7-4-2-6(3-5-7)8(12)9(10,11)17(13,14)15/h2-5,8H,12H2,1H3,(H2,13,14,15)/t8-/m1/s1. The van der Waals surface area contributed by atoms with E-state index in [1.807, 2.05) is 0 Å². The lowest BCUT2D eigenvalue weighted by Crippen LogP contribution is -2.32. The summed E-state index contributed by atoms with van der Waals surface area (Å²) in [4.78, 5) is 17.1. The number of halogens is 2. The minimum Gasteiger partial charge on any atom is -0.497 e. The fourth-order valence-electron chi connectivity index (χ4n) is 1.19. The minimum absolute atomic E-state index is 0.0841. The van der Waals surface area contributed by atoms with Crippen molar-refractivity contribution in [1.29, 1.82) is 0 Å². The van der Waals surface area contributed by atoms with Crippen molar-refractivity contribution in [2.75, 3.05) is 7.11 Å². The van der Waals surface area contributed by atoms with Crippen LogP contribution in [0.4, 0.5) is 8.78 Å². The molecule has 0 heterocycles. The third kappa shape index (κ3) is 2.81. The van der Waals surface area contributed by atoms with Gasteiger partial charge in [-0.3, -0.25) is 4.57 Å². The van der Waals surface area contributed by atoms with Gasteiger partial charge in [0.1, 0.15) is 11.8 Å². The number of hydrogen-bond acceptors (Lipinski definition) is 3. The summed E-state index contributed by atoms with van der Waals surface area (Å²) in [6.07, 6.45) is 0. The van der Waals surface area contributed by atoms with Crippen LogP contribution in [0, 0.1) is 0 Å². The third-order valence-electron chi connectivity index (χ3n) is 2.24. The van der Waals surface area contributed by atoms with Gasteiger partial charge in [0.15, 0.2) is 0 Å². The van der Waals surface area contributed by atoms with E-state index in [4.69, 9.17) is 20.3 Å². The fourth-order valence-corrected chi connectivity index (χ4v) is 1.70. The lowest BCUT2D eigenvalue weighted by Gasteiger charge is -2.24. The molecule has 0 fully saturated rings. The predicted molar refractivity (Wildman–Crippen MR) is 56.9 cm³/mol. The molecule has 0 amide bonds. The molecule has 0 unspecified atom stereocenters. The first-order chi connectivity index (χ1) is 7.70. The van der Waals surface area contributed by atoms with Gasteiger partial charge in [0.25, 0.3) is 0 Å². The van der Waals surface area contributed by atoms with Crippen LogP contribution in [0.1, 0.15) is 11.6 Å². The zero-order chi connectivity index (χ0) is 13.3. The summed E-state index contributed by atoms with van der Waals surface area (Å²) in [6.45, 7) is 0. The number of alkyl halides is 2. The van der Waals surface area contributed by atoms with Crippen LogP contribution in [0.3, 0.4) is 0 Å². The van der Waals surface area contributed by atoms with E-state index in [0.717, 1.165) is 0 Å². The number of nitrogens with two attached hydrogens (primary N) is 1. The maximum atomic E-state index is 13.3. The molecule has 4 N–H and O–H groups in total. The van der Waals surface area contributed by atoms with Crippen molar-refractivity contribution in [2.45, 2.75) is 11.7 Å². The molecule has 1 rings (SSSR count). The van der Waals surface area contributed by atoms with E-state index >= 15 is 0 Å². The summed E-state index contributed by atoms with van der Waals surface area (Å²) < 4.78 is 42.0. The van der Waals surface area contributed by atoms with E-state index in [0.29, 0.717) is 5.75 Å². The van der Waals surface area contributed by atoms with E-state index in [1.165, 1.54) is 31.4 Å². The predicted octanol–water partition coefficient (Wildman–Crippen LogP) is 1.47. The summed E-state index contributed by atoms with van der Waals surface area (Å²) in [5.74, 6) is 0.431. The maximum Gasteiger partial charge on any atom is 0.396 e. The molecule has 0 aliphatic carbocycles. The van der Waals surface area contributed by atoms with Crippen LogP contribution in [0.2, 0.25) is 0 Å². The Kier molecular flexibility index (Phi) is 3.88. The van der Waals surface area contributed by atoms with Gasteiger partial charge in [0.2, 0.25) is 0 Å². The van der Waals surface area contributed by atoms with Gasteiger partial charge < -0.3 is 20.3 Å². The molecule has 8 heteroatoms. The first-order valence-electron chi connectivity index (χ1n) is 4.53. The molecule has 0 saturated heterocycles. The van der Waals surface area contributed by atoms with Crippen LogP contribution in [0.5, 0.6) is 5.75 Å². The Hall–Kier alpha value is -1.01. The van der Waals surface area contributed by atoms with Gasteiger partial charge in [-0.05, 0) is 17.7 Å². The Labute approximate surface area is 96.4 Å². The highest BCUT2D eigenvalue weighted by Crippen LogP contribution is 2.57. The second kappa shape index (κ2) is 4.70. The Morgan fingerprint density at radius 2 is 1.82 bits per heavy atom. The summed E-state index contributed by atoms with van der Waals surface area (Å²) in [5.41, 5.74) is 0.779. The highest BCUT2D eigenvalue weighted by atomic mass is 31.2. The zero-order valence-electron chi connectivity index (χ0n) is 8.88. The van der Waals surface area contributed by atoms with Crippen LogP contribution in [-0.4, -0.2) is 22.6 Å². The summed E-state index contributed by atoms with van der Waals surface area (Å²) in [6, 6.07) is 3.14. The Morgan fingerprint density at radius 1 is 1.35 bits per heavy atom. The quantitative estimate of drug-likeness (QED) is 0.718. The molecule has 1 aromatic carbocycles. The normalized spacial score (nSPS) is 14.5. The van der Waals surface area contributed by atoms with Crippen molar-refractivity contribution in [3.63, 3.8) is 0 Å². The molecule has 0 saturated carbocycles. The molecule has 0 aliphatic heterocycles. The average molecular weight is 267 g/mol. The van der Waals surface area contributed by atoms with E-state index in [2.05, 4.69) is 0 Å². The number of rotatable bonds is 4. The average Bonchev–Trinajstić information content (AvgIpc) is 2.26. The van der Waals surface area contributed by atoms with Crippen molar-refractivity contribution in [1.82, 2.24) is 0 Å². The lowest BCUT2D eigenvalue weighted by atomic mass is 10.1. The van der Waals surface area contributed by atoms with E-state index in [9.17, 15) is 13.3 Å². The van der Waals surface area contributed by atoms with Crippen molar-refractivity contribution < 1.29 is 27.9 Å². The first kappa shape index (κ1) is 14.1. The highest BCUT2D eigenvalue weighted by molar-refractivity contribution is 7.53. The van der Waals surface area contributed by atoms with Gasteiger partial charge in [-0.1, -0.05) is 12.1 Å². The molecular formula is C9H12F2NO4P. The number of ether oxygens (including phenoxy) is 1. The van der Waals surface area contributed by atoms with Gasteiger partial charge in [-0.2, -0.15) is 8.78 Å². The van der Waals surface area contributed by atoms with Crippen LogP contribution >= 0.6 is 7.60 Å². The molecular weight excluding hydrogens is 255 g/mol. The van der Waals surface area contributed by atoms with Gasteiger partial charge in [-0.25, -0.2) is 0 Å². The van der Waals surface area contributed by atoms with Gasteiger partial charge in [-0.15, -0.1) is 0 Å². The Bertz CT molecular complexity index is 431. The van der Waals surface area contributed by atoms with Crippen LogP contribution in [-0.2, 0) is 4.57 Å². The van der Waals surface area contributed by atoms with Gasteiger partial charge in [0, 0.05) is 0 Å². The van der Waals surface area contributed by atoms with Crippen molar-refractivity contribution in [3.8, 4) is 5.75 Å². The largest absolute Gasteiger partial charge is 0.497 e. The summed E-state index contributed by atoms with van der Waals surface area (Å²) in [5, 5.41) is 0. The maximum absolute atomic E-state index is 13.3. The Morgan fingerprint density at radius 3 is 2.18 bits per heavy atom. The molecule has 0 spiro atoms. The monoisotopic (exact) mass is 267 g/mol. The molecule has 17 heavy (non-hydrogen) atoms. The smallest absolute Gasteiger partial charge is 0.396 e. The van der Waals surface area contributed by atoms with Crippen LogP contribution < -0.4 is 10.5 Å². The van der Waals surface area contributed by atoms with Gasteiger partial charge >= 0.3 is 13.3 Å². The molecule has 96 valence electrons. The molecule has 1 atom stereocenters. The van der Waals surface area contributed by atoms with Crippen LogP contribution in [0.25, 0.3) is 0 Å². The topological polar surface area (TPSA) is 92.8 Å². The molecule has 0 aromatic heterocycles. The Balaban J connectivity index is 3.04. The first-order valence-corrected chi connectivity index (χ1v) is 6.14. The molecule has 0 bridgehead atoms. The zero-order valence-corrected chi connectivity index (χ0v) is 9.77. The number of methoxy groups -OCH3 is 1. The van der Waals surface area contributed by atoms with Crippen LogP contribution in [0.15, 0.2) is 24.3 Å². The molecule has 1 aromatic rings. The van der Waals surface area contributed by atoms with Crippen molar-refractivity contribution in [2.24, 2.45) is 5.73 Å². The van der Waals surface area contributed by atoms with E-state index in [-0.39, 0.29) is 5.56 Å². The summed E-state index contributed by atoms with van der Waals surface area (Å²) in [7, 11) is -4.20. The SMILES string of the molecule is COc1ccc([C@@H](N)C(F)(F)P(=O)(O)O)cc1. The lowest BCUT2D eigenvalue weighted by molar-refractivity contribution is 0.0324. The number of benzene rings is 1. The highest BCUT2D eigenvalue weighted by Gasteiger charge is 2.54.